The summed E-state index contributed by atoms with van der Waals surface area (Å²) in [6.07, 6.45) is 0. The molecular weight excluding hydrogens is 282 g/mol. The van der Waals surface area contributed by atoms with Crippen LogP contribution in [0.15, 0.2) is 36.4 Å². The predicted octanol–water partition coefficient (Wildman–Crippen LogP) is 2.96. The maximum Gasteiger partial charge on any atom is 0.231 e. The number of ether oxygens (including phenoxy) is 3. The Hall–Kier alpha value is -2.63. The maximum atomic E-state index is 13.4. The Labute approximate surface area is 118 Å². The molecule has 0 amide bonds. The number of rotatable bonds is 4. The normalized spacial score (nSPS) is 12.3. The first-order valence-corrected chi connectivity index (χ1v) is 6.15. The van der Waals surface area contributed by atoms with Crippen molar-refractivity contribution in [2.75, 3.05) is 13.4 Å². The van der Waals surface area contributed by atoms with E-state index in [-0.39, 0.29) is 18.3 Å². The molecule has 0 unspecified atom stereocenters. The third-order valence-electron chi connectivity index (χ3n) is 2.97. The fourth-order valence-electron chi connectivity index (χ4n) is 1.89. The molecule has 0 N–H and O–H groups in total. The smallest absolute Gasteiger partial charge is 0.231 e. The topological polar surface area (TPSA) is 44.8 Å². The molecule has 2 aromatic rings. The van der Waals surface area contributed by atoms with Gasteiger partial charge in [-0.25, -0.2) is 4.39 Å². The van der Waals surface area contributed by atoms with E-state index in [9.17, 15) is 13.6 Å². The molecule has 0 saturated carbocycles. The van der Waals surface area contributed by atoms with Crippen LogP contribution in [0.2, 0.25) is 0 Å². The van der Waals surface area contributed by atoms with Crippen molar-refractivity contribution < 1.29 is 27.8 Å². The lowest BCUT2D eigenvalue weighted by atomic mass is 10.1. The minimum Gasteiger partial charge on any atom is -0.482 e. The van der Waals surface area contributed by atoms with Gasteiger partial charge in [0.2, 0.25) is 12.6 Å². The van der Waals surface area contributed by atoms with Crippen molar-refractivity contribution in [1.29, 1.82) is 0 Å². The first kappa shape index (κ1) is 13.4. The average molecular weight is 292 g/mol. The van der Waals surface area contributed by atoms with E-state index in [0.717, 1.165) is 6.07 Å². The highest BCUT2D eigenvalue weighted by molar-refractivity contribution is 5.97. The van der Waals surface area contributed by atoms with Crippen LogP contribution in [-0.4, -0.2) is 19.2 Å². The van der Waals surface area contributed by atoms with Gasteiger partial charge in [-0.15, -0.1) is 0 Å². The molecule has 1 aliphatic heterocycles. The Morgan fingerprint density at radius 2 is 1.95 bits per heavy atom. The molecule has 0 fully saturated rings. The first-order chi connectivity index (χ1) is 10.1. The van der Waals surface area contributed by atoms with Gasteiger partial charge in [0.25, 0.3) is 0 Å². The van der Waals surface area contributed by atoms with Gasteiger partial charge in [0.1, 0.15) is 0 Å². The molecule has 108 valence electrons. The summed E-state index contributed by atoms with van der Waals surface area (Å²) in [6, 6.07) is 8.22. The molecule has 0 saturated heterocycles. The van der Waals surface area contributed by atoms with Crippen LogP contribution in [0.3, 0.4) is 0 Å². The highest BCUT2D eigenvalue weighted by Gasteiger charge is 2.17. The van der Waals surface area contributed by atoms with E-state index < -0.39 is 18.2 Å². The van der Waals surface area contributed by atoms with Crippen molar-refractivity contribution >= 4 is 5.78 Å². The molecule has 0 aromatic heterocycles. The zero-order chi connectivity index (χ0) is 14.8. The number of carbonyl (C=O) groups is 1. The standard InChI is InChI=1S/C15H10F2O4/c16-10-2-1-3-13(15(10)17)19-7-11(18)9-4-5-12-14(6-9)21-8-20-12/h1-6H,7-8H2. The molecule has 21 heavy (non-hydrogen) atoms. The summed E-state index contributed by atoms with van der Waals surface area (Å²) < 4.78 is 41.7. The number of benzene rings is 2. The Morgan fingerprint density at radius 3 is 2.81 bits per heavy atom. The molecule has 0 atom stereocenters. The van der Waals surface area contributed by atoms with Crippen LogP contribution in [0.4, 0.5) is 8.78 Å². The SMILES string of the molecule is O=C(COc1cccc(F)c1F)c1ccc2c(c1)OCO2. The second kappa shape index (κ2) is 5.40. The van der Waals surface area contributed by atoms with Gasteiger partial charge in [-0.1, -0.05) is 6.07 Å². The van der Waals surface area contributed by atoms with Crippen LogP contribution in [0.1, 0.15) is 10.4 Å². The number of halogens is 2. The van der Waals surface area contributed by atoms with Crippen LogP contribution >= 0.6 is 0 Å². The largest absolute Gasteiger partial charge is 0.482 e. The summed E-state index contributed by atoms with van der Waals surface area (Å²) in [5, 5.41) is 0. The Bertz CT molecular complexity index is 700. The second-order valence-electron chi connectivity index (χ2n) is 4.33. The maximum absolute atomic E-state index is 13.4. The van der Waals surface area contributed by atoms with E-state index in [1.807, 2.05) is 0 Å². The fourth-order valence-corrected chi connectivity index (χ4v) is 1.89. The van der Waals surface area contributed by atoms with Crippen LogP contribution < -0.4 is 14.2 Å². The third-order valence-corrected chi connectivity index (χ3v) is 2.97. The number of carbonyl (C=O) groups excluding carboxylic acids is 1. The number of fused-ring (bicyclic) bond motifs is 1. The molecule has 3 rings (SSSR count). The number of ketones is 1. The van der Waals surface area contributed by atoms with Crippen molar-refractivity contribution in [3.63, 3.8) is 0 Å². The van der Waals surface area contributed by atoms with E-state index in [2.05, 4.69) is 0 Å². The highest BCUT2D eigenvalue weighted by Crippen LogP contribution is 2.32. The molecule has 0 radical (unpaired) electrons. The van der Waals surface area contributed by atoms with Crippen LogP contribution in [0, 0.1) is 11.6 Å². The molecule has 0 spiro atoms. The molecule has 4 nitrogen and oxygen atoms in total. The quantitative estimate of drug-likeness (QED) is 0.813. The number of hydrogen-bond donors (Lipinski definition) is 0. The molecular formula is C15H10F2O4. The summed E-state index contributed by atoms with van der Waals surface area (Å²) >= 11 is 0. The summed E-state index contributed by atoms with van der Waals surface area (Å²) in [4.78, 5) is 12.0. The van der Waals surface area contributed by atoms with E-state index in [1.54, 1.807) is 12.1 Å². The van der Waals surface area contributed by atoms with Gasteiger partial charge in [0.15, 0.2) is 35.5 Å². The molecule has 1 aliphatic rings. The van der Waals surface area contributed by atoms with Crippen LogP contribution in [0.5, 0.6) is 17.2 Å². The predicted molar refractivity (Wildman–Crippen MR) is 68.7 cm³/mol. The lowest BCUT2D eigenvalue weighted by Crippen LogP contribution is -2.12. The van der Waals surface area contributed by atoms with E-state index >= 15 is 0 Å². The van der Waals surface area contributed by atoms with Crippen molar-refractivity contribution in [3.8, 4) is 17.2 Å². The lowest BCUT2D eigenvalue weighted by molar-refractivity contribution is 0.0917. The van der Waals surface area contributed by atoms with Gasteiger partial charge in [-0.3, -0.25) is 4.79 Å². The zero-order valence-corrected chi connectivity index (χ0v) is 10.8. The Morgan fingerprint density at radius 1 is 1.14 bits per heavy atom. The summed E-state index contributed by atoms with van der Waals surface area (Å²) in [6.45, 7) is -0.294. The minimum absolute atomic E-state index is 0.109. The van der Waals surface area contributed by atoms with Gasteiger partial charge >= 0.3 is 0 Å². The number of Topliss-reactive ketones (excluding diaryl/α,β-unsaturated/α-hetero) is 1. The fraction of sp³-hybridized carbons (Fsp3) is 0.133. The van der Waals surface area contributed by atoms with Crippen LogP contribution in [-0.2, 0) is 0 Å². The van der Waals surface area contributed by atoms with Crippen molar-refractivity contribution in [2.45, 2.75) is 0 Å². The van der Waals surface area contributed by atoms with Gasteiger partial charge < -0.3 is 14.2 Å². The molecule has 1 heterocycles. The number of hydrogen-bond acceptors (Lipinski definition) is 4. The minimum atomic E-state index is -1.11. The summed E-state index contributed by atoms with van der Waals surface area (Å²) in [5.74, 6) is -1.79. The van der Waals surface area contributed by atoms with Crippen LogP contribution in [0.25, 0.3) is 0 Å². The third kappa shape index (κ3) is 2.65. The monoisotopic (exact) mass is 292 g/mol. The Balaban J connectivity index is 1.71. The molecule has 0 bridgehead atoms. The average Bonchev–Trinajstić information content (AvgIpc) is 2.96. The van der Waals surface area contributed by atoms with E-state index in [1.165, 1.54) is 18.2 Å². The molecule has 6 heteroatoms. The van der Waals surface area contributed by atoms with Gasteiger partial charge in [0, 0.05) is 5.56 Å². The Kier molecular flexibility index (Phi) is 3.43. The summed E-state index contributed by atoms with van der Waals surface area (Å²) in [7, 11) is 0. The van der Waals surface area contributed by atoms with Gasteiger partial charge in [0.05, 0.1) is 0 Å². The van der Waals surface area contributed by atoms with Crippen molar-refractivity contribution in [3.05, 3.63) is 53.6 Å². The van der Waals surface area contributed by atoms with Crippen molar-refractivity contribution in [2.24, 2.45) is 0 Å². The first-order valence-electron chi connectivity index (χ1n) is 6.15. The van der Waals surface area contributed by atoms with E-state index in [4.69, 9.17) is 14.2 Å². The second-order valence-corrected chi connectivity index (χ2v) is 4.33. The van der Waals surface area contributed by atoms with Gasteiger partial charge in [-0.05, 0) is 30.3 Å². The molecule has 0 aliphatic carbocycles. The van der Waals surface area contributed by atoms with Crippen molar-refractivity contribution in [1.82, 2.24) is 0 Å². The summed E-state index contributed by atoms with van der Waals surface area (Å²) in [5.41, 5.74) is 0.344. The highest BCUT2D eigenvalue weighted by atomic mass is 19.2. The van der Waals surface area contributed by atoms with E-state index in [0.29, 0.717) is 17.1 Å². The zero-order valence-electron chi connectivity index (χ0n) is 10.8. The van der Waals surface area contributed by atoms with Gasteiger partial charge in [-0.2, -0.15) is 4.39 Å². The molecule has 2 aromatic carbocycles. The lowest BCUT2D eigenvalue weighted by Gasteiger charge is -2.07.